The maximum Gasteiger partial charge on any atom is 0.310 e. The summed E-state index contributed by atoms with van der Waals surface area (Å²) < 4.78 is 15.8. The summed E-state index contributed by atoms with van der Waals surface area (Å²) in [6, 6.07) is 15.4. The molecule has 0 atom stereocenters. The minimum atomic E-state index is -0.647. The number of carbonyl (C=O) groups is 3. The number of aryl methyl sites for hydroxylation is 2. The van der Waals surface area contributed by atoms with Gasteiger partial charge >= 0.3 is 5.97 Å². The lowest BCUT2D eigenvalue weighted by Gasteiger charge is -2.09. The molecule has 0 unspecified atom stereocenters. The molecule has 1 heterocycles. The highest BCUT2D eigenvalue weighted by molar-refractivity contribution is 5.95. The van der Waals surface area contributed by atoms with Crippen molar-refractivity contribution in [1.82, 2.24) is 16.0 Å². The fourth-order valence-electron chi connectivity index (χ4n) is 2.75. The molecular weight excluding hydrogens is 414 g/mol. The number of rotatable bonds is 8. The number of nitrogens with one attached hydrogen (secondary N) is 2. The Morgan fingerprint density at radius 1 is 0.969 bits per heavy atom. The maximum absolute atomic E-state index is 12.0. The van der Waals surface area contributed by atoms with E-state index in [1.165, 1.54) is 0 Å². The van der Waals surface area contributed by atoms with E-state index in [1.807, 2.05) is 13.8 Å². The molecule has 0 aliphatic rings. The number of hydrogen-bond acceptors (Lipinski definition) is 7. The highest BCUT2D eigenvalue weighted by Crippen LogP contribution is 2.18. The van der Waals surface area contributed by atoms with Crippen LogP contribution in [0.4, 0.5) is 0 Å². The van der Waals surface area contributed by atoms with E-state index in [9.17, 15) is 14.4 Å². The smallest absolute Gasteiger partial charge is 0.310 e. The van der Waals surface area contributed by atoms with E-state index in [0.717, 1.165) is 11.3 Å². The van der Waals surface area contributed by atoms with E-state index < -0.39 is 24.4 Å². The molecule has 0 spiro atoms. The number of amides is 2. The predicted molar refractivity (Wildman–Crippen MR) is 113 cm³/mol. The molecule has 166 valence electrons. The minimum absolute atomic E-state index is 0.00615. The van der Waals surface area contributed by atoms with Gasteiger partial charge in [0.05, 0.1) is 17.7 Å². The Bertz CT molecular complexity index is 1060. The average Bonchev–Trinajstić information content (AvgIpc) is 3.13. The van der Waals surface area contributed by atoms with Crippen molar-refractivity contribution >= 4 is 17.8 Å². The Hall–Kier alpha value is -4.14. The van der Waals surface area contributed by atoms with Crippen LogP contribution in [0.15, 0.2) is 59.1 Å². The summed E-state index contributed by atoms with van der Waals surface area (Å²) in [5, 5.41) is 3.88. The number of hydrazine groups is 1. The van der Waals surface area contributed by atoms with Gasteiger partial charge in [-0.25, -0.2) is 0 Å². The third kappa shape index (κ3) is 6.43. The molecule has 0 radical (unpaired) electrons. The third-order valence-corrected chi connectivity index (χ3v) is 4.55. The first-order valence-electron chi connectivity index (χ1n) is 9.85. The topological polar surface area (TPSA) is 120 Å². The molecule has 0 saturated heterocycles. The van der Waals surface area contributed by atoms with Crippen LogP contribution in [0.25, 0.3) is 0 Å². The van der Waals surface area contributed by atoms with Crippen LogP contribution in [-0.2, 0) is 27.4 Å². The van der Waals surface area contributed by atoms with Crippen molar-refractivity contribution in [3.05, 3.63) is 82.7 Å². The van der Waals surface area contributed by atoms with Crippen LogP contribution in [0.2, 0.25) is 0 Å². The summed E-state index contributed by atoms with van der Waals surface area (Å²) in [6.07, 6.45) is -0.00615. The third-order valence-electron chi connectivity index (χ3n) is 4.55. The van der Waals surface area contributed by atoms with E-state index >= 15 is 0 Å². The summed E-state index contributed by atoms with van der Waals surface area (Å²) in [7, 11) is 0. The first kappa shape index (κ1) is 22.5. The van der Waals surface area contributed by atoms with E-state index in [-0.39, 0.29) is 6.42 Å². The highest BCUT2D eigenvalue weighted by Gasteiger charge is 2.12. The van der Waals surface area contributed by atoms with E-state index in [0.29, 0.717) is 29.2 Å². The quantitative estimate of drug-likeness (QED) is 0.410. The molecule has 0 aliphatic carbocycles. The van der Waals surface area contributed by atoms with Crippen molar-refractivity contribution in [3.8, 4) is 5.75 Å². The number of esters is 1. The van der Waals surface area contributed by atoms with Crippen LogP contribution in [0, 0.1) is 13.8 Å². The van der Waals surface area contributed by atoms with Gasteiger partial charge in [0, 0.05) is 5.56 Å². The van der Waals surface area contributed by atoms with Gasteiger partial charge in [-0.2, -0.15) is 0 Å². The van der Waals surface area contributed by atoms with Gasteiger partial charge in [0.25, 0.3) is 11.8 Å². The Balaban J connectivity index is 1.38. The molecule has 2 N–H and O–H groups in total. The second-order valence-corrected chi connectivity index (χ2v) is 6.94. The van der Waals surface area contributed by atoms with Crippen LogP contribution in [0.3, 0.4) is 0 Å². The molecule has 2 amide bonds. The molecule has 0 saturated carbocycles. The van der Waals surface area contributed by atoms with E-state index in [4.69, 9.17) is 14.0 Å². The molecule has 0 fully saturated rings. The molecule has 9 heteroatoms. The van der Waals surface area contributed by atoms with Gasteiger partial charge < -0.3 is 14.0 Å². The van der Waals surface area contributed by atoms with Gasteiger partial charge in [-0.3, -0.25) is 25.2 Å². The second kappa shape index (κ2) is 10.8. The zero-order chi connectivity index (χ0) is 22.9. The second-order valence-electron chi connectivity index (χ2n) is 6.94. The number of carbonyl (C=O) groups excluding carboxylic acids is 3. The predicted octanol–water partition coefficient (Wildman–Crippen LogP) is 2.42. The zero-order valence-corrected chi connectivity index (χ0v) is 17.7. The first-order valence-corrected chi connectivity index (χ1v) is 9.85. The number of ether oxygens (including phenoxy) is 2. The van der Waals surface area contributed by atoms with E-state index in [2.05, 4.69) is 16.0 Å². The summed E-state index contributed by atoms with van der Waals surface area (Å²) in [5.74, 6) is -0.340. The van der Waals surface area contributed by atoms with Crippen LogP contribution in [-0.4, -0.2) is 29.5 Å². The van der Waals surface area contributed by atoms with Crippen molar-refractivity contribution in [1.29, 1.82) is 0 Å². The fraction of sp³-hybridized carbons (Fsp3) is 0.217. The van der Waals surface area contributed by atoms with Crippen molar-refractivity contribution in [2.45, 2.75) is 26.9 Å². The van der Waals surface area contributed by atoms with Crippen LogP contribution in [0.5, 0.6) is 5.75 Å². The standard InChI is InChI=1S/C23H23N3O6/c1-15-20(16(2)32-26-15)13-30-19-10-8-17(9-11-19)12-22(28)31-14-21(27)24-25-23(29)18-6-4-3-5-7-18/h3-11H,12-14H2,1-2H3,(H,24,27)(H,25,29). The largest absolute Gasteiger partial charge is 0.489 e. The van der Waals surface area contributed by atoms with Crippen LogP contribution in [0.1, 0.15) is 32.9 Å². The van der Waals surface area contributed by atoms with Crippen LogP contribution >= 0.6 is 0 Å². The Morgan fingerprint density at radius 2 is 1.69 bits per heavy atom. The Kier molecular flexibility index (Phi) is 7.58. The average molecular weight is 437 g/mol. The molecule has 1 aromatic heterocycles. The van der Waals surface area contributed by atoms with Crippen LogP contribution < -0.4 is 15.6 Å². The number of benzene rings is 2. The molecule has 9 nitrogen and oxygen atoms in total. The lowest BCUT2D eigenvalue weighted by atomic mass is 10.1. The maximum atomic E-state index is 12.0. The van der Waals surface area contributed by atoms with Crippen molar-refractivity contribution in [2.75, 3.05) is 6.61 Å². The van der Waals surface area contributed by atoms with Crippen molar-refractivity contribution in [2.24, 2.45) is 0 Å². The molecule has 32 heavy (non-hydrogen) atoms. The Labute approximate surface area is 184 Å². The molecule has 0 bridgehead atoms. The van der Waals surface area contributed by atoms with Gasteiger partial charge in [-0.05, 0) is 43.7 Å². The lowest BCUT2D eigenvalue weighted by Crippen LogP contribution is -2.43. The zero-order valence-electron chi connectivity index (χ0n) is 17.7. The molecular formula is C23H23N3O6. The van der Waals surface area contributed by atoms with Crippen molar-refractivity contribution < 1.29 is 28.4 Å². The molecule has 3 aromatic rings. The summed E-state index contributed by atoms with van der Waals surface area (Å²) in [4.78, 5) is 35.6. The summed E-state index contributed by atoms with van der Waals surface area (Å²) >= 11 is 0. The van der Waals surface area contributed by atoms with Gasteiger partial charge in [0.15, 0.2) is 6.61 Å². The van der Waals surface area contributed by atoms with Crippen molar-refractivity contribution in [3.63, 3.8) is 0 Å². The summed E-state index contributed by atoms with van der Waals surface area (Å²) in [6.45, 7) is 3.50. The van der Waals surface area contributed by atoms with E-state index in [1.54, 1.807) is 54.6 Å². The monoisotopic (exact) mass is 437 g/mol. The molecule has 2 aromatic carbocycles. The van der Waals surface area contributed by atoms with Gasteiger partial charge in [0.1, 0.15) is 18.1 Å². The van der Waals surface area contributed by atoms with Gasteiger partial charge in [-0.1, -0.05) is 35.5 Å². The molecule has 3 rings (SSSR count). The highest BCUT2D eigenvalue weighted by atomic mass is 16.5. The number of nitrogens with zero attached hydrogens (tertiary/aromatic N) is 1. The first-order chi connectivity index (χ1) is 15.4. The molecule has 0 aliphatic heterocycles. The minimum Gasteiger partial charge on any atom is -0.489 e. The van der Waals surface area contributed by atoms with Gasteiger partial charge in [-0.15, -0.1) is 0 Å². The Morgan fingerprint density at radius 3 is 2.34 bits per heavy atom. The number of hydrogen-bond donors (Lipinski definition) is 2. The van der Waals surface area contributed by atoms with Gasteiger partial charge in [0.2, 0.25) is 0 Å². The SMILES string of the molecule is Cc1noc(C)c1COc1ccc(CC(=O)OCC(=O)NNC(=O)c2ccccc2)cc1. The normalized spacial score (nSPS) is 10.3. The summed E-state index contributed by atoms with van der Waals surface area (Å²) in [5.41, 5.74) is 7.23. The lowest BCUT2D eigenvalue weighted by molar-refractivity contribution is -0.148. The number of aromatic nitrogens is 1. The fourth-order valence-corrected chi connectivity index (χ4v) is 2.75.